The van der Waals surface area contributed by atoms with Crippen molar-refractivity contribution >= 4 is 15.7 Å². The minimum absolute atomic E-state index is 0.0398. The molecule has 0 spiro atoms. The fourth-order valence-corrected chi connectivity index (χ4v) is 4.87. The Morgan fingerprint density at radius 3 is 2.54 bits per heavy atom. The van der Waals surface area contributed by atoms with Crippen LogP contribution in [0.15, 0.2) is 41.8 Å². The lowest BCUT2D eigenvalue weighted by molar-refractivity contribution is -0.122. The summed E-state index contributed by atoms with van der Waals surface area (Å²) in [5.74, 6) is -0.265. The number of carbonyl (C=O) groups excluding carboxylic acids is 1. The number of ether oxygens (including phenoxy) is 1. The molecule has 1 aromatic carbocycles. The largest absolute Gasteiger partial charge is 0.381 e. The lowest BCUT2D eigenvalue weighted by Gasteiger charge is -2.38. The van der Waals surface area contributed by atoms with Crippen LogP contribution in [0.3, 0.4) is 0 Å². The van der Waals surface area contributed by atoms with Crippen LogP contribution < -0.4 is 5.32 Å². The van der Waals surface area contributed by atoms with Crippen molar-refractivity contribution in [3.8, 4) is 0 Å². The van der Waals surface area contributed by atoms with Crippen molar-refractivity contribution in [1.29, 1.82) is 0 Å². The van der Waals surface area contributed by atoms with Gasteiger partial charge in [0.15, 0.2) is 9.84 Å². The molecule has 2 aliphatic rings. The van der Waals surface area contributed by atoms with Crippen LogP contribution in [0, 0.1) is 5.92 Å². The fourth-order valence-electron chi connectivity index (χ4n) is 3.47. The number of sulfone groups is 1. The number of carbonyl (C=O) groups is 1. The molecule has 1 amide bonds. The van der Waals surface area contributed by atoms with Crippen LogP contribution in [-0.2, 0) is 24.8 Å². The Bertz CT molecular complexity index is 706. The van der Waals surface area contributed by atoms with Crippen molar-refractivity contribution in [1.82, 2.24) is 5.32 Å². The van der Waals surface area contributed by atoms with E-state index in [9.17, 15) is 13.2 Å². The van der Waals surface area contributed by atoms with E-state index in [2.05, 4.69) is 17.4 Å². The monoisotopic (exact) mass is 349 g/mol. The number of hydrogen-bond acceptors (Lipinski definition) is 4. The molecule has 0 bridgehead atoms. The Morgan fingerprint density at radius 1 is 1.21 bits per heavy atom. The first-order chi connectivity index (χ1) is 11.5. The Labute approximate surface area is 143 Å². The first-order valence-electron chi connectivity index (χ1n) is 8.30. The van der Waals surface area contributed by atoms with E-state index in [1.165, 1.54) is 11.0 Å². The Balaban J connectivity index is 1.62. The summed E-state index contributed by atoms with van der Waals surface area (Å²) in [5, 5.41) is 4.24. The van der Waals surface area contributed by atoms with Gasteiger partial charge in [0.1, 0.15) is 0 Å². The average Bonchev–Trinajstić information content (AvgIpc) is 2.93. The summed E-state index contributed by atoms with van der Waals surface area (Å²) in [5.41, 5.74) is 1.11. The second-order valence-corrected chi connectivity index (χ2v) is 8.59. The second kappa shape index (κ2) is 7.07. The van der Waals surface area contributed by atoms with Crippen molar-refractivity contribution < 1.29 is 17.9 Å². The van der Waals surface area contributed by atoms with Gasteiger partial charge < -0.3 is 10.1 Å². The number of benzene rings is 1. The van der Waals surface area contributed by atoms with Gasteiger partial charge in [-0.25, -0.2) is 8.42 Å². The van der Waals surface area contributed by atoms with Gasteiger partial charge in [-0.15, -0.1) is 0 Å². The van der Waals surface area contributed by atoms with E-state index in [1.807, 2.05) is 18.2 Å². The molecule has 5 nitrogen and oxygen atoms in total. The molecule has 1 saturated heterocycles. The first-order valence-corrected chi connectivity index (χ1v) is 10.0. The topological polar surface area (TPSA) is 72.5 Å². The van der Waals surface area contributed by atoms with E-state index in [1.54, 1.807) is 6.08 Å². The van der Waals surface area contributed by atoms with Crippen molar-refractivity contribution in [2.75, 3.05) is 25.5 Å². The maximum atomic E-state index is 12.3. The predicted molar refractivity (Wildman–Crippen MR) is 92.2 cm³/mol. The Kier molecular flexibility index (Phi) is 5.06. The normalized spacial score (nSPS) is 24.6. The van der Waals surface area contributed by atoms with Crippen LogP contribution in [0.5, 0.6) is 0 Å². The summed E-state index contributed by atoms with van der Waals surface area (Å²) in [6.45, 7) is 1.94. The van der Waals surface area contributed by atoms with Gasteiger partial charge in [-0.3, -0.25) is 4.79 Å². The van der Waals surface area contributed by atoms with Gasteiger partial charge in [-0.2, -0.15) is 0 Å². The van der Waals surface area contributed by atoms with Crippen LogP contribution in [0.4, 0.5) is 0 Å². The summed E-state index contributed by atoms with van der Waals surface area (Å²) < 4.78 is 28.4. The van der Waals surface area contributed by atoms with Crippen molar-refractivity contribution in [2.45, 2.75) is 24.7 Å². The Morgan fingerprint density at radius 2 is 1.92 bits per heavy atom. The predicted octanol–water partition coefficient (Wildman–Crippen LogP) is 1.80. The summed E-state index contributed by atoms with van der Waals surface area (Å²) in [7, 11) is -3.11. The molecule has 1 aromatic rings. The van der Waals surface area contributed by atoms with Gasteiger partial charge in [0.2, 0.25) is 5.91 Å². The molecule has 0 saturated carbocycles. The molecule has 1 N–H and O–H groups in total. The molecule has 2 heterocycles. The molecule has 24 heavy (non-hydrogen) atoms. The van der Waals surface area contributed by atoms with E-state index in [0.717, 1.165) is 12.8 Å². The van der Waals surface area contributed by atoms with Crippen molar-refractivity contribution in [3.63, 3.8) is 0 Å². The number of rotatable bonds is 5. The molecule has 6 heteroatoms. The lowest BCUT2D eigenvalue weighted by Crippen LogP contribution is -2.44. The molecular weight excluding hydrogens is 326 g/mol. The van der Waals surface area contributed by atoms with E-state index >= 15 is 0 Å². The maximum absolute atomic E-state index is 12.3. The zero-order valence-corrected chi connectivity index (χ0v) is 14.4. The molecular formula is C18H23NO4S. The maximum Gasteiger partial charge on any atom is 0.220 e. The summed E-state index contributed by atoms with van der Waals surface area (Å²) in [6, 6.07) is 10.2. The molecule has 130 valence electrons. The average molecular weight is 349 g/mol. The summed E-state index contributed by atoms with van der Waals surface area (Å²) in [4.78, 5) is 12.3. The summed E-state index contributed by atoms with van der Waals surface area (Å²) >= 11 is 0. The van der Waals surface area contributed by atoms with Gasteiger partial charge in [-0.1, -0.05) is 36.4 Å². The van der Waals surface area contributed by atoms with Gasteiger partial charge in [-0.05, 0) is 18.4 Å². The zero-order valence-electron chi connectivity index (χ0n) is 13.6. The number of allylic oxidation sites excluding steroid dienone is 1. The minimum Gasteiger partial charge on any atom is -0.381 e. The van der Waals surface area contributed by atoms with Gasteiger partial charge in [0.25, 0.3) is 0 Å². The minimum atomic E-state index is -3.11. The van der Waals surface area contributed by atoms with Gasteiger partial charge in [0, 0.05) is 42.9 Å². The Hall–Kier alpha value is -1.66. The molecule has 0 radical (unpaired) electrons. The highest BCUT2D eigenvalue weighted by molar-refractivity contribution is 7.94. The summed E-state index contributed by atoms with van der Waals surface area (Å²) in [6.07, 6.45) is 3.58. The van der Waals surface area contributed by atoms with Crippen LogP contribution in [0.2, 0.25) is 0 Å². The smallest absolute Gasteiger partial charge is 0.220 e. The zero-order chi connectivity index (χ0) is 17.0. The number of hydrogen-bond donors (Lipinski definition) is 1. The standard InChI is InChI=1S/C18H23NO4S/c20-17(12-15-6-11-24(21,22)13-15)19-14-18(7-9-23-10-8-18)16-4-2-1-3-5-16/h1-6,11,15H,7-10,12-14H2,(H,19,20)/t15-/m1/s1. The van der Waals surface area contributed by atoms with E-state index < -0.39 is 9.84 Å². The quantitative estimate of drug-likeness (QED) is 0.880. The first kappa shape index (κ1) is 17.2. The van der Waals surface area contributed by atoms with Gasteiger partial charge >= 0.3 is 0 Å². The van der Waals surface area contributed by atoms with Crippen molar-refractivity contribution in [3.05, 3.63) is 47.4 Å². The number of nitrogens with one attached hydrogen (secondary N) is 1. The molecule has 2 aliphatic heterocycles. The lowest BCUT2D eigenvalue weighted by atomic mass is 9.74. The fraction of sp³-hybridized carbons (Fsp3) is 0.500. The molecule has 0 aliphatic carbocycles. The van der Waals surface area contributed by atoms with Crippen LogP contribution in [0.25, 0.3) is 0 Å². The van der Waals surface area contributed by atoms with Crippen LogP contribution >= 0.6 is 0 Å². The third-order valence-electron chi connectivity index (χ3n) is 4.91. The molecule has 0 aromatic heterocycles. The number of amides is 1. The van der Waals surface area contributed by atoms with Crippen LogP contribution in [0.1, 0.15) is 24.8 Å². The highest BCUT2D eigenvalue weighted by atomic mass is 32.2. The van der Waals surface area contributed by atoms with Crippen LogP contribution in [-0.4, -0.2) is 39.8 Å². The molecule has 0 unspecified atom stereocenters. The highest BCUT2D eigenvalue weighted by Gasteiger charge is 2.35. The van der Waals surface area contributed by atoms with Crippen molar-refractivity contribution in [2.24, 2.45) is 5.92 Å². The highest BCUT2D eigenvalue weighted by Crippen LogP contribution is 2.34. The molecule has 1 atom stereocenters. The van der Waals surface area contributed by atoms with E-state index in [-0.39, 0.29) is 29.4 Å². The molecule has 3 rings (SSSR count). The van der Waals surface area contributed by atoms with Gasteiger partial charge in [0.05, 0.1) is 5.75 Å². The third kappa shape index (κ3) is 4.05. The second-order valence-electron chi connectivity index (χ2n) is 6.66. The van der Waals surface area contributed by atoms with E-state index in [4.69, 9.17) is 4.74 Å². The van der Waals surface area contributed by atoms with E-state index in [0.29, 0.717) is 19.8 Å². The molecule has 1 fully saturated rings. The third-order valence-corrected chi connectivity index (χ3v) is 6.38. The SMILES string of the molecule is O=C(C[C@H]1C=CS(=O)(=O)C1)NCC1(c2ccccc2)CCOCC1.